The standard InChI is InChI=1S/C11H17BrN2O/c1-14(5-6-15-2)8-9-3-4-11(13)10(12)7-9/h3-4,7H,5-6,8,13H2,1-2H3. The summed E-state index contributed by atoms with van der Waals surface area (Å²) in [6.07, 6.45) is 0. The van der Waals surface area contributed by atoms with Crippen molar-refractivity contribution in [2.75, 3.05) is 33.0 Å². The van der Waals surface area contributed by atoms with Crippen molar-refractivity contribution >= 4 is 21.6 Å². The average molecular weight is 273 g/mol. The fraction of sp³-hybridized carbons (Fsp3) is 0.455. The molecule has 1 aromatic carbocycles. The summed E-state index contributed by atoms with van der Waals surface area (Å²) in [4.78, 5) is 2.21. The quantitative estimate of drug-likeness (QED) is 0.835. The van der Waals surface area contributed by atoms with Gasteiger partial charge in [-0.1, -0.05) is 6.07 Å². The van der Waals surface area contributed by atoms with Gasteiger partial charge < -0.3 is 10.5 Å². The van der Waals surface area contributed by atoms with Crippen LogP contribution in [0.5, 0.6) is 0 Å². The highest BCUT2D eigenvalue weighted by Gasteiger charge is 2.02. The maximum atomic E-state index is 5.72. The van der Waals surface area contributed by atoms with Crippen LogP contribution in [0.15, 0.2) is 22.7 Å². The Morgan fingerprint density at radius 3 is 2.80 bits per heavy atom. The molecule has 1 aromatic rings. The molecule has 15 heavy (non-hydrogen) atoms. The molecule has 0 bridgehead atoms. The summed E-state index contributed by atoms with van der Waals surface area (Å²) in [5, 5.41) is 0. The number of hydrogen-bond acceptors (Lipinski definition) is 3. The van der Waals surface area contributed by atoms with Gasteiger partial charge in [-0.2, -0.15) is 0 Å². The third kappa shape index (κ3) is 4.20. The van der Waals surface area contributed by atoms with Crippen molar-refractivity contribution in [2.24, 2.45) is 0 Å². The summed E-state index contributed by atoms with van der Waals surface area (Å²) in [6, 6.07) is 6.02. The van der Waals surface area contributed by atoms with Crippen molar-refractivity contribution in [3.05, 3.63) is 28.2 Å². The molecule has 0 saturated heterocycles. The maximum absolute atomic E-state index is 5.72. The van der Waals surface area contributed by atoms with Crippen molar-refractivity contribution < 1.29 is 4.74 Å². The Balaban J connectivity index is 2.53. The van der Waals surface area contributed by atoms with Crippen LogP contribution in [0.25, 0.3) is 0 Å². The molecule has 0 aliphatic rings. The molecule has 84 valence electrons. The number of ether oxygens (including phenoxy) is 1. The summed E-state index contributed by atoms with van der Waals surface area (Å²) in [7, 11) is 3.79. The van der Waals surface area contributed by atoms with Gasteiger partial charge in [0.25, 0.3) is 0 Å². The highest BCUT2D eigenvalue weighted by Crippen LogP contribution is 2.20. The van der Waals surface area contributed by atoms with Gasteiger partial charge in [0, 0.05) is 30.4 Å². The number of rotatable bonds is 5. The first-order chi connectivity index (χ1) is 7.13. The van der Waals surface area contributed by atoms with Crippen molar-refractivity contribution in [1.82, 2.24) is 4.90 Å². The fourth-order valence-corrected chi connectivity index (χ4v) is 1.73. The first-order valence-corrected chi connectivity index (χ1v) is 5.64. The predicted molar refractivity (Wildman–Crippen MR) is 66.8 cm³/mol. The summed E-state index contributed by atoms with van der Waals surface area (Å²) >= 11 is 3.42. The molecule has 0 aliphatic heterocycles. The van der Waals surface area contributed by atoms with E-state index in [4.69, 9.17) is 10.5 Å². The van der Waals surface area contributed by atoms with Gasteiger partial charge >= 0.3 is 0 Å². The van der Waals surface area contributed by atoms with E-state index < -0.39 is 0 Å². The number of nitrogens with two attached hydrogens (primary N) is 1. The van der Waals surface area contributed by atoms with Gasteiger partial charge in [-0.05, 0) is 40.7 Å². The van der Waals surface area contributed by atoms with Gasteiger partial charge in [0.1, 0.15) is 0 Å². The summed E-state index contributed by atoms with van der Waals surface area (Å²) < 4.78 is 5.98. The molecular weight excluding hydrogens is 256 g/mol. The maximum Gasteiger partial charge on any atom is 0.0589 e. The minimum Gasteiger partial charge on any atom is -0.398 e. The molecule has 0 heterocycles. The Morgan fingerprint density at radius 2 is 2.20 bits per heavy atom. The van der Waals surface area contributed by atoms with Crippen LogP contribution in [0.3, 0.4) is 0 Å². The molecule has 0 spiro atoms. The van der Waals surface area contributed by atoms with Gasteiger partial charge in [-0.3, -0.25) is 4.90 Å². The van der Waals surface area contributed by atoms with Gasteiger partial charge in [-0.15, -0.1) is 0 Å². The Bertz CT molecular complexity index is 317. The molecule has 0 radical (unpaired) electrons. The van der Waals surface area contributed by atoms with Gasteiger partial charge in [0.15, 0.2) is 0 Å². The van der Waals surface area contributed by atoms with E-state index in [1.807, 2.05) is 12.1 Å². The van der Waals surface area contributed by atoms with Crippen LogP contribution < -0.4 is 5.73 Å². The Morgan fingerprint density at radius 1 is 1.47 bits per heavy atom. The van der Waals surface area contributed by atoms with Crippen molar-refractivity contribution in [3.8, 4) is 0 Å². The Hall–Kier alpha value is -0.580. The van der Waals surface area contributed by atoms with Crippen molar-refractivity contribution in [3.63, 3.8) is 0 Å². The second-order valence-electron chi connectivity index (χ2n) is 3.59. The molecule has 1 rings (SSSR count). The van der Waals surface area contributed by atoms with Crippen LogP contribution in [0, 0.1) is 0 Å². The van der Waals surface area contributed by atoms with Crippen LogP contribution >= 0.6 is 15.9 Å². The zero-order valence-electron chi connectivity index (χ0n) is 9.16. The first-order valence-electron chi connectivity index (χ1n) is 4.85. The molecule has 0 saturated carbocycles. The first kappa shape index (κ1) is 12.5. The van der Waals surface area contributed by atoms with Crippen molar-refractivity contribution in [1.29, 1.82) is 0 Å². The van der Waals surface area contributed by atoms with E-state index in [9.17, 15) is 0 Å². The lowest BCUT2D eigenvalue weighted by Gasteiger charge is -2.16. The van der Waals surface area contributed by atoms with E-state index >= 15 is 0 Å². The Labute approximate surface area is 99.3 Å². The highest BCUT2D eigenvalue weighted by molar-refractivity contribution is 9.10. The molecular formula is C11H17BrN2O. The normalized spacial score (nSPS) is 10.9. The lowest BCUT2D eigenvalue weighted by Crippen LogP contribution is -2.22. The molecule has 0 atom stereocenters. The van der Waals surface area contributed by atoms with E-state index in [1.54, 1.807) is 7.11 Å². The topological polar surface area (TPSA) is 38.5 Å². The van der Waals surface area contributed by atoms with Crippen LogP contribution in [0.2, 0.25) is 0 Å². The monoisotopic (exact) mass is 272 g/mol. The van der Waals surface area contributed by atoms with Crippen LogP contribution in [0.4, 0.5) is 5.69 Å². The zero-order chi connectivity index (χ0) is 11.3. The number of halogens is 1. The largest absolute Gasteiger partial charge is 0.398 e. The van der Waals surface area contributed by atoms with E-state index in [0.717, 1.165) is 29.9 Å². The van der Waals surface area contributed by atoms with Crippen molar-refractivity contribution in [2.45, 2.75) is 6.54 Å². The second kappa shape index (κ2) is 6.10. The average Bonchev–Trinajstić information content (AvgIpc) is 2.20. The highest BCUT2D eigenvalue weighted by atomic mass is 79.9. The smallest absolute Gasteiger partial charge is 0.0589 e. The molecule has 3 nitrogen and oxygen atoms in total. The van der Waals surface area contributed by atoms with E-state index in [2.05, 4.69) is 33.9 Å². The second-order valence-corrected chi connectivity index (χ2v) is 4.44. The van der Waals surface area contributed by atoms with Gasteiger partial charge in [0.05, 0.1) is 6.61 Å². The third-order valence-corrected chi connectivity index (χ3v) is 2.88. The molecule has 4 heteroatoms. The summed E-state index contributed by atoms with van der Waals surface area (Å²) in [5.41, 5.74) is 7.74. The third-order valence-electron chi connectivity index (χ3n) is 2.19. The summed E-state index contributed by atoms with van der Waals surface area (Å²) in [5.74, 6) is 0. The lowest BCUT2D eigenvalue weighted by molar-refractivity contribution is 0.158. The molecule has 2 N–H and O–H groups in total. The van der Waals surface area contributed by atoms with Gasteiger partial charge in [0.2, 0.25) is 0 Å². The summed E-state index contributed by atoms with van der Waals surface area (Å²) in [6.45, 7) is 2.59. The fourth-order valence-electron chi connectivity index (χ4n) is 1.31. The Kier molecular flexibility index (Phi) is 5.08. The van der Waals surface area contributed by atoms with E-state index in [-0.39, 0.29) is 0 Å². The van der Waals surface area contributed by atoms with Gasteiger partial charge in [-0.25, -0.2) is 0 Å². The number of likely N-dealkylation sites (N-methyl/N-ethyl adjacent to an activating group) is 1. The number of nitrogen functional groups attached to an aromatic ring is 1. The SMILES string of the molecule is COCCN(C)Cc1ccc(N)c(Br)c1. The molecule has 0 aliphatic carbocycles. The predicted octanol–water partition coefficient (Wildman–Crippen LogP) is 2.11. The molecule has 0 unspecified atom stereocenters. The van der Waals surface area contributed by atoms with Crippen LogP contribution in [0.1, 0.15) is 5.56 Å². The molecule has 0 amide bonds. The van der Waals surface area contributed by atoms with E-state index in [0.29, 0.717) is 0 Å². The number of hydrogen-bond donors (Lipinski definition) is 1. The van der Waals surface area contributed by atoms with Crippen LogP contribution in [-0.2, 0) is 11.3 Å². The molecule has 0 aromatic heterocycles. The number of anilines is 1. The zero-order valence-corrected chi connectivity index (χ0v) is 10.8. The minimum atomic E-state index is 0.757. The number of methoxy groups -OCH3 is 1. The minimum absolute atomic E-state index is 0.757. The molecule has 0 fully saturated rings. The van der Waals surface area contributed by atoms with E-state index in [1.165, 1.54) is 5.56 Å². The number of nitrogens with zero attached hydrogens (tertiary/aromatic N) is 1. The van der Waals surface area contributed by atoms with Crippen LogP contribution in [-0.4, -0.2) is 32.2 Å². The lowest BCUT2D eigenvalue weighted by atomic mass is 10.2. The number of benzene rings is 1.